The lowest BCUT2D eigenvalue weighted by Crippen LogP contribution is -2.39. The number of imide groups is 1. The molecule has 1 aliphatic heterocycles. The number of carbonyl (C=O) groups is 4. The number of nitrogens with zero attached hydrogens (tertiary/aromatic N) is 1. The average Bonchev–Trinajstić information content (AvgIpc) is 3.12. The van der Waals surface area contributed by atoms with Crippen molar-refractivity contribution in [2.75, 3.05) is 4.90 Å². The zero-order valence-corrected chi connectivity index (χ0v) is 22.0. The van der Waals surface area contributed by atoms with E-state index in [0.717, 1.165) is 10.0 Å². The van der Waals surface area contributed by atoms with Gasteiger partial charge in [-0.2, -0.15) is 0 Å². The van der Waals surface area contributed by atoms with Crippen LogP contribution < -0.4 is 4.90 Å². The van der Waals surface area contributed by atoms with Crippen LogP contribution in [0.2, 0.25) is 0 Å². The molecule has 1 saturated heterocycles. The number of phenolic OH excluding ortho intramolecular Hbond substituents is 1. The first-order chi connectivity index (χ1) is 17.3. The molecular formula is C28H19Br2NO5. The summed E-state index contributed by atoms with van der Waals surface area (Å²) in [5.74, 6) is -3.45. The highest BCUT2D eigenvalue weighted by Crippen LogP contribution is 2.56. The van der Waals surface area contributed by atoms with Crippen LogP contribution in [0.1, 0.15) is 24.3 Å². The molecule has 180 valence electrons. The molecule has 2 amide bonds. The molecule has 0 bridgehead atoms. The van der Waals surface area contributed by atoms with Crippen LogP contribution in [0, 0.1) is 17.8 Å². The number of ketones is 2. The fourth-order valence-electron chi connectivity index (χ4n) is 6.14. The summed E-state index contributed by atoms with van der Waals surface area (Å²) in [4.78, 5) is 54.9. The molecule has 8 heteroatoms. The van der Waals surface area contributed by atoms with Crippen LogP contribution in [0.25, 0.3) is 0 Å². The molecule has 1 fully saturated rings. The van der Waals surface area contributed by atoms with Gasteiger partial charge in [0.25, 0.3) is 0 Å². The summed E-state index contributed by atoms with van der Waals surface area (Å²) < 4.78 is 1.01. The van der Waals surface area contributed by atoms with Gasteiger partial charge in [-0.1, -0.05) is 45.8 Å². The van der Waals surface area contributed by atoms with Crippen LogP contribution in [0.15, 0.2) is 86.4 Å². The van der Waals surface area contributed by atoms with Gasteiger partial charge in [-0.25, -0.2) is 0 Å². The van der Waals surface area contributed by atoms with Crippen LogP contribution in [0.4, 0.5) is 5.69 Å². The highest BCUT2D eigenvalue weighted by Gasteiger charge is 2.56. The van der Waals surface area contributed by atoms with E-state index >= 15 is 0 Å². The van der Waals surface area contributed by atoms with E-state index in [1.807, 2.05) is 6.08 Å². The number of para-hydroxylation sites is 1. The van der Waals surface area contributed by atoms with Gasteiger partial charge in [-0.3, -0.25) is 24.1 Å². The van der Waals surface area contributed by atoms with Gasteiger partial charge in [0, 0.05) is 33.2 Å². The minimum absolute atomic E-state index is 0.0113. The Kier molecular flexibility index (Phi) is 5.50. The molecule has 0 spiro atoms. The largest absolute Gasteiger partial charge is 0.508 e. The molecule has 0 radical (unpaired) electrons. The van der Waals surface area contributed by atoms with Crippen molar-refractivity contribution in [3.05, 3.63) is 91.9 Å². The quantitative estimate of drug-likeness (QED) is 0.290. The maximum Gasteiger partial charge on any atom is 0.238 e. The number of carbonyl (C=O) groups excluding carboxylic acids is 4. The number of allylic oxidation sites excluding steroid dienone is 6. The van der Waals surface area contributed by atoms with E-state index in [9.17, 15) is 24.3 Å². The average molecular weight is 609 g/mol. The predicted molar refractivity (Wildman–Crippen MR) is 139 cm³/mol. The Hall–Kier alpha value is -3.10. The van der Waals surface area contributed by atoms with Crippen LogP contribution in [-0.4, -0.2) is 28.5 Å². The molecule has 6 nitrogen and oxygen atoms in total. The molecule has 4 aliphatic rings. The topological polar surface area (TPSA) is 91.8 Å². The van der Waals surface area contributed by atoms with Crippen molar-refractivity contribution in [2.45, 2.75) is 18.8 Å². The lowest BCUT2D eigenvalue weighted by Gasteiger charge is -2.42. The van der Waals surface area contributed by atoms with Gasteiger partial charge < -0.3 is 5.11 Å². The maximum absolute atomic E-state index is 13.8. The van der Waals surface area contributed by atoms with Gasteiger partial charge in [-0.05, 0) is 65.0 Å². The number of hydrogen-bond acceptors (Lipinski definition) is 5. The summed E-state index contributed by atoms with van der Waals surface area (Å²) in [6.07, 6.45) is 3.75. The van der Waals surface area contributed by atoms with Crippen LogP contribution in [-0.2, 0) is 19.2 Å². The third kappa shape index (κ3) is 3.34. The summed E-state index contributed by atoms with van der Waals surface area (Å²) in [7, 11) is 0. The second-order valence-corrected chi connectivity index (χ2v) is 11.2. The summed E-state index contributed by atoms with van der Waals surface area (Å²) >= 11 is 6.60. The van der Waals surface area contributed by atoms with Crippen molar-refractivity contribution >= 4 is 60.9 Å². The molecular weight excluding hydrogens is 590 g/mol. The van der Waals surface area contributed by atoms with E-state index in [0.29, 0.717) is 28.8 Å². The fourth-order valence-corrected chi connectivity index (χ4v) is 6.85. The molecule has 4 atom stereocenters. The Labute approximate surface area is 223 Å². The number of anilines is 1. The fraction of sp³-hybridized carbons (Fsp3) is 0.214. The van der Waals surface area contributed by atoms with Gasteiger partial charge in [0.1, 0.15) is 5.75 Å². The highest BCUT2D eigenvalue weighted by molar-refractivity contribution is 9.12. The lowest BCUT2D eigenvalue weighted by molar-refractivity contribution is -0.123. The first-order valence-electron chi connectivity index (χ1n) is 11.6. The van der Waals surface area contributed by atoms with Crippen molar-refractivity contribution < 1.29 is 24.3 Å². The summed E-state index contributed by atoms with van der Waals surface area (Å²) in [5, 5.41) is 10.7. The van der Waals surface area contributed by atoms with Crippen molar-refractivity contribution in [1.82, 2.24) is 0 Å². The van der Waals surface area contributed by atoms with Gasteiger partial charge in [0.2, 0.25) is 11.8 Å². The van der Waals surface area contributed by atoms with Gasteiger partial charge in [0.15, 0.2) is 11.6 Å². The Balaban J connectivity index is 1.49. The minimum Gasteiger partial charge on any atom is -0.508 e. The Morgan fingerprint density at radius 1 is 0.889 bits per heavy atom. The summed E-state index contributed by atoms with van der Waals surface area (Å²) in [6, 6.07) is 13.8. The van der Waals surface area contributed by atoms with Crippen molar-refractivity contribution in [3.63, 3.8) is 0 Å². The molecule has 2 aromatic carbocycles. The molecule has 3 aliphatic carbocycles. The molecule has 1 N–H and O–H groups in total. The molecule has 0 unspecified atom stereocenters. The number of fused-ring (bicyclic) bond motifs is 3. The third-order valence-corrected chi connectivity index (χ3v) is 8.78. The zero-order valence-electron chi connectivity index (χ0n) is 18.8. The van der Waals surface area contributed by atoms with Crippen molar-refractivity contribution in [1.29, 1.82) is 0 Å². The first-order valence-corrected chi connectivity index (χ1v) is 13.2. The van der Waals surface area contributed by atoms with E-state index in [2.05, 4.69) is 31.9 Å². The Morgan fingerprint density at radius 2 is 1.61 bits per heavy atom. The molecule has 0 saturated carbocycles. The number of phenols is 1. The molecule has 2 aromatic rings. The van der Waals surface area contributed by atoms with E-state index in [1.165, 1.54) is 11.0 Å². The van der Waals surface area contributed by atoms with Gasteiger partial charge in [0.05, 0.1) is 22.0 Å². The first kappa shape index (κ1) is 23.3. The van der Waals surface area contributed by atoms with E-state index in [-0.39, 0.29) is 40.0 Å². The summed E-state index contributed by atoms with van der Waals surface area (Å²) in [6.45, 7) is 0. The molecule has 36 heavy (non-hydrogen) atoms. The zero-order chi connectivity index (χ0) is 25.3. The molecule has 0 aromatic heterocycles. The number of halogens is 2. The number of benzene rings is 2. The lowest BCUT2D eigenvalue weighted by atomic mass is 9.59. The predicted octanol–water partition coefficient (Wildman–Crippen LogP) is 5.12. The van der Waals surface area contributed by atoms with Gasteiger partial charge >= 0.3 is 0 Å². The second kappa shape index (κ2) is 8.49. The van der Waals surface area contributed by atoms with Gasteiger partial charge in [-0.15, -0.1) is 0 Å². The normalized spacial score (nSPS) is 27.4. The SMILES string of the molecule is O=C1C=C(Br)C(=O)C2=C1[C@@H](c1ccccc1O)C1=CC[C@@H]3C(=O)N(c4ccc(Br)cc4)C(=O)[C@@H]3[C@@H]1C2. The monoisotopic (exact) mass is 607 g/mol. The number of hydrogen-bond donors (Lipinski definition) is 1. The number of aromatic hydroxyl groups is 1. The van der Waals surface area contributed by atoms with Crippen LogP contribution in [0.5, 0.6) is 5.75 Å². The Morgan fingerprint density at radius 3 is 2.33 bits per heavy atom. The summed E-state index contributed by atoms with van der Waals surface area (Å²) in [5.41, 5.74) is 2.50. The van der Waals surface area contributed by atoms with E-state index in [4.69, 9.17) is 0 Å². The van der Waals surface area contributed by atoms with Crippen LogP contribution in [0.3, 0.4) is 0 Å². The smallest absolute Gasteiger partial charge is 0.238 e. The van der Waals surface area contributed by atoms with Crippen molar-refractivity contribution in [2.24, 2.45) is 17.8 Å². The molecule has 1 heterocycles. The van der Waals surface area contributed by atoms with Crippen LogP contribution >= 0.6 is 31.9 Å². The number of amides is 2. The maximum atomic E-state index is 13.8. The van der Waals surface area contributed by atoms with Crippen molar-refractivity contribution in [3.8, 4) is 5.75 Å². The Bertz CT molecular complexity index is 1470. The minimum atomic E-state index is -0.668. The number of rotatable bonds is 2. The molecule has 6 rings (SSSR count). The highest BCUT2D eigenvalue weighted by atomic mass is 79.9. The third-order valence-electron chi connectivity index (χ3n) is 7.66. The standard InChI is InChI=1S/C28H19Br2NO5/c29-13-5-7-14(8-6-13)31-27(35)17-10-9-15-18(24(17)28(31)36)11-19-25(22(33)12-20(30)26(19)34)23(15)16-3-1-2-4-21(16)32/h1-9,12,17-18,23-24,32H,10-11H2/t17-,18+,23+,24-/m0/s1. The van der Waals surface area contributed by atoms with E-state index in [1.54, 1.807) is 48.5 Å². The number of Topliss-reactive ketones (excluding diaryl/α,β-unsaturated/α-hetero) is 1. The van der Waals surface area contributed by atoms with E-state index < -0.39 is 23.7 Å². The second-order valence-electron chi connectivity index (χ2n) is 9.44.